The van der Waals surface area contributed by atoms with E-state index >= 15 is 0 Å². The second-order valence-corrected chi connectivity index (χ2v) is 4.67. The van der Waals surface area contributed by atoms with Gasteiger partial charge in [0, 0.05) is 32.5 Å². The van der Waals surface area contributed by atoms with E-state index < -0.39 is 5.92 Å². The van der Waals surface area contributed by atoms with Gasteiger partial charge in [0.2, 0.25) is 5.92 Å². The van der Waals surface area contributed by atoms with Gasteiger partial charge < -0.3 is 10.6 Å². The molecule has 15 heavy (non-hydrogen) atoms. The third-order valence-electron chi connectivity index (χ3n) is 3.14. The highest BCUT2D eigenvalue weighted by molar-refractivity contribution is 5.78. The molecule has 0 aromatic rings. The molecule has 0 amide bonds. The molecule has 3 nitrogen and oxygen atoms in total. The van der Waals surface area contributed by atoms with Crippen LogP contribution < -0.4 is 5.73 Å². The molecule has 86 valence electrons. The van der Waals surface area contributed by atoms with Crippen LogP contribution in [0.5, 0.6) is 0 Å². The van der Waals surface area contributed by atoms with Crippen LogP contribution in [-0.4, -0.2) is 36.4 Å². The summed E-state index contributed by atoms with van der Waals surface area (Å²) in [5.41, 5.74) is 5.74. The summed E-state index contributed by atoms with van der Waals surface area (Å²) in [5, 5.41) is 0. The molecule has 2 fully saturated rings. The van der Waals surface area contributed by atoms with Crippen molar-refractivity contribution in [2.75, 3.05) is 13.6 Å². The number of halogens is 2. The molecule has 0 unspecified atom stereocenters. The fourth-order valence-electron chi connectivity index (χ4n) is 1.90. The zero-order valence-corrected chi connectivity index (χ0v) is 8.92. The number of hydrogen-bond donors (Lipinski definition) is 1. The average molecular weight is 217 g/mol. The summed E-state index contributed by atoms with van der Waals surface area (Å²) in [6.45, 7) is 0.443. The van der Waals surface area contributed by atoms with Gasteiger partial charge in [-0.05, 0) is 18.8 Å². The molecule has 0 aliphatic heterocycles. The van der Waals surface area contributed by atoms with E-state index in [1.165, 1.54) is 0 Å². The summed E-state index contributed by atoms with van der Waals surface area (Å²) in [6.07, 6.45) is 2.26. The van der Waals surface area contributed by atoms with Crippen molar-refractivity contribution in [1.29, 1.82) is 0 Å². The lowest BCUT2D eigenvalue weighted by Crippen LogP contribution is -2.39. The first-order chi connectivity index (χ1) is 6.98. The van der Waals surface area contributed by atoms with Gasteiger partial charge in [0.1, 0.15) is 0 Å². The maximum absolute atomic E-state index is 12.5. The third kappa shape index (κ3) is 2.58. The number of nitrogens with zero attached hydrogens (tertiary/aromatic N) is 2. The molecule has 0 saturated heterocycles. The molecule has 0 aromatic carbocycles. The molecule has 0 heterocycles. The molecular weight excluding hydrogens is 200 g/mol. The van der Waals surface area contributed by atoms with E-state index in [2.05, 4.69) is 4.99 Å². The number of hydrogen-bond acceptors (Lipinski definition) is 1. The monoisotopic (exact) mass is 217 g/mol. The summed E-state index contributed by atoms with van der Waals surface area (Å²) in [7, 11) is 1.91. The SMILES string of the molecule is CN(C(N)=NCC1CC(F)(F)C1)C1CC1. The maximum Gasteiger partial charge on any atom is 0.248 e. The molecular formula is C10H17F2N3. The number of nitrogens with two attached hydrogens (primary N) is 1. The van der Waals surface area contributed by atoms with Gasteiger partial charge in [0.25, 0.3) is 0 Å². The summed E-state index contributed by atoms with van der Waals surface area (Å²) in [5.74, 6) is -1.93. The lowest BCUT2D eigenvalue weighted by atomic mass is 9.81. The average Bonchev–Trinajstić information content (AvgIpc) is 2.92. The first kappa shape index (κ1) is 10.6. The second-order valence-electron chi connectivity index (χ2n) is 4.67. The van der Waals surface area contributed by atoms with Crippen molar-refractivity contribution in [2.24, 2.45) is 16.6 Å². The zero-order chi connectivity index (χ0) is 11.1. The van der Waals surface area contributed by atoms with Crippen LogP contribution in [-0.2, 0) is 0 Å². The van der Waals surface area contributed by atoms with E-state index in [4.69, 9.17) is 5.73 Å². The van der Waals surface area contributed by atoms with Gasteiger partial charge in [0.15, 0.2) is 5.96 Å². The van der Waals surface area contributed by atoms with E-state index in [1.807, 2.05) is 11.9 Å². The summed E-state index contributed by atoms with van der Waals surface area (Å²) in [6, 6.07) is 0.525. The van der Waals surface area contributed by atoms with E-state index in [9.17, 15) is 8.78 Å². The number of rotatable bonds is 3. The highest BCUT2D eigenvalue weighted by Gasteiger charge is 2.44. The predicted molar refractivity (Wildman–Crippen MR) is 54.9 cm³/mol. The Morgan fingerprint density at radius 3 is 2.53 bits per heavy atom. The molecule has 2 rings (SSSR count). The van der Waals surface area contributed by atoms with Crippen molar-refractivity contribution in [3.8, 4) is 0 Å². The van der Waals surface area contributed by atoms with Crippen molar-refractivity contribution in [3.05, 3.63) is 0 Å². The lowest BCUT2D eigenvalue weighted by Gasteiger charge is -2.34. The van der Waals surface area contributed by atoms with Crippen LogP contribution in [0.1, 0.15) is 25.7 Å². The van der Waals surface area contributed by atoms with Crippen molar-refractivity contribution < 1.29 is 8.78 Å². The highest BCUT2D eigenvalue weighted by atomic mass is 19.3. The molecule has 2 aliphatic rings. The van der Waals surface area contributed by atoms with Crippen LogP contribution in [0.25, 0.3) is 0 Å². The molecule has 0 spiro atoms. The Labute approximate surface area is 88.3 Å². The van der Waals surface area contributed by atoms with Gasteiger partial charge >= 0.3 is 0 Å². The minimum absolute atomic E-state index is 0.0196. The highest BCUT2D eigenvalue weighted by Crippen LogP contribution is 2.42. The summed E-state index contributed by atoms with van der Waals surface area (Å²) < 4.78 is 25.0. The molecule has 0 aromatic heterocycles. The van der Waals surface area contributed by atoms with Crippen LogP contribution in [0.15, 0.2) is 4.99 Å². The standard InChI is InChI=1S/C10H17F2N3/c1-15(8-2-3-8)9(13)14-6-7-4-10(11,12)5-7/h7-8H,2-6H2,1H3,(H2,13,14). The van der Waals surface area contributed by atoms with Gasteiger partial charge in [-0.2, -0.15) is 0 Å². The fraction of sp³-hybridized carbons (Fsp3) is 0.900. The Kier molecular flexibility index (Phi) is 2.56. The minimum Gasteiger partial charge on any atom is -0.370 e. The number of alkyl halides is 2. The van der Waals surface area contributed by atoms with Gasteiger partial charge in [-0.3, -0.25) is 4.99 Å². The molecule has 2 saturated carbocycles. The molecule has 2 aliphatic carbocycles. The topological polar surface area (TPSA) is 41.6 Å². The first-order valence-electron chi connectivity index (χ1n) is 5.38. The molecule has 0 atom stereocenters. The second kappa shape index (κ2) is 3.61. The van der Waals surface area contributed by atoms with Crippen LogP contribution in [0.3, 0.4) is 0 Å². The van der Waals surface area contributed by atoms with E-state index in [0.717, 1.165) is 12.8 Å². The van der Waals surface area contributed by atoms with E-state index in [0.29, 0.717) is 18.5 Å². The van der Waals surface area contributed by atoms with E-state index in [-0.39, 0.29) is 18.8 Å². The Morgan fingerprint density at radius 2 is 2.07 bits per heavy atom. The van der Waals surface area contributed by atoms with Crippen molar-refractivity contribution in [2.45, 2.75) is 37.6 Å². The first-order valence-corrected chi connectivity index (χ1v) is 5.38. The molecule has 0 radical (unpaired) electrons. The normalized spacial score (nSPS) is 26.2. The molecule has 2 N–H and O–H groups in total. The molecule has 5 heteroatoms. The number of aliphatic imine (C=N–C) groups is 1. The zero-order valence-electron chi connectivity index (χ0n) is 8.92. The van der Waals surface area contributed by atoms with Crippen LogP contribution in [0, 0.1) is 5.92 Å². The predicted octanol–water partition coefficient (Wildman–Crippen LogP) is 1.44. The Bertz CT molecular complexity index is 266. The summed E-state index contributed by atoms with van der Waals surface area (Å²) >= 11 is 0. The third-order valence-corrected chi connectivity index (χ3v) is 3.14. The number of guanidine groups is 1. The molecule has 0 bridgehead atoms. The lowest BCUT2D eigenvalue weighted by molar-refractivity contribution is -0.107. The van der Waals surface area contributed by atoms with Crippen molar-refractivity contribution in [1.82, 2.24) is 4.90 Å². The summed E-state index contributed by atoms with van der Waals surface area (Å²) in [4.78, 5) is 6.10. The van der Waals surface area contributed by atoms with Gasteiger partial charge in [-0.1, -0.05) is 0 Å². The Balaban J connectivity index is 1.74. The van der Waals surface area contributed by atoms with Gasteiger partial charge in [-0.15, -0.1) is 0 Å². The van der Waals surface area contributed by atoms with Crippen LogP contribution in [0.4, 0.5) is 8.78 Å². The van der Waals surface area contributed by atoms with Crippen molar-refractivity contribution >= 4 is 5.96 Å². The van der Waals surface area contributed by atoms with Crippen LogP contribution >= 0.6 is 0 Å². The maximum atomic E-state index is 12.5. The Hall–Kier alpha value is -0.870. The smallest absolute Gasteiger partial charge is 0.248 e. The Morgan fingerprint density at radius 1 is 1.47 bits per heavy atom. The van der Waals surface area contributed by atoms with E-state index in [1.54, 1.807) is 0 Å². The quantitative estimate of drug-likeness (QED) is 0.574. The fourth-order valence-corrected chi connectivity index (χ4v) is 1.90. The van der Waals surface area contributed by atoms with Crippen molar-refractivity contribution in [3.63, 3.8) is 0 Å². The van der Waals surface area contributed by atoms with Crippen LogP contribution in [0.2, 0.25) is 0 Å². The van der Waals surface area contributed by atoms with Gasteiger partial charge in [0.05, 0.1) is 0 Å². The largest absolute Gasteiger partial charge is 0.370 e. The van der Waals surface area contributed by atoms with Gasteiger partial charge in [-0.25, -0.2) is 8.78 Å². The minimum atomic E-state index is -2.45.